The molecule has 7 heteroatoms. The highest BCUT2D eigenvalue weighted by Crippen LogP contribution is 2.06. The number of piperazine rings is 1. The van der Waals surface area contributed by atoms with Gasteiger partial charge in [-0.05, 0) is 0 Å². The van der Waals surface area contributed by atoms with Crippen LogP contribution in [0.25, 0.3) is 0 Å². The van der Waals surface area contributed by atoms with Crippen LogP contribution in [-0.4, -0.2) is 33.4 Å². The van der Waals surface area contributed by atoms with E-state index in [-0.39, 0.29) is 0 Å². The molecule has 0 aromatic rings. The first-order chi connectivity index (χ1) is 5.00. The molecule has 0 spiro atoms. The molecule has 68 valence electrons. The van der Waals surface area contributed by atoms with E-state index in [1.165, 1.54) is 0 Å². The molecule has 0 atom stereocenters. The van der Waals surface area contributed by atoms with Gasteiger partial charge in [-0.1, -0.05) is 0 Å². The zero-order valence-electron chi connectivity index (χ0n) is 5.92. The van der Waals surface area contributed by atoms with Crippen molar-refractivity contribution < 1.29 is 17.3 Å². The number of hydrogen-bond donors (Lipinski definition) is 2. The SMILES string of the molecule is C1CNCCN1.F[B-](F)(F)F. The Kier molecular flexibility index (Phi) is 5.22. The lowest BCUT2D eigenvalue weighted by Gasteiger charge is -2.11. The first-order valence-corrected chi connectivity index (χ1v) is 3.29. The van der Waals surface area contributed by atoms with Gasteiger partial charge in [-0.25, -0.2) is 0 Å². The van der Waals surface area contributed by atoms with Crippen LogP contribution in [0.2, 0.25) is 0 Å². The minimum Gasteiger partial charge on any atom is -0.418 e. The quantitative estimate of drug-likeness (QED) is 0.411. The molecular weight excluding hydrogens is 163 g/mol. The molecule has 0 aromatic heterocycles. The van der Waals surface area contributed by atoms with E-state index < -0.39 is 7.25 Å². The van der Waals surface area contributed by atoms with E-state index in [4.69, 9.17) is 0 Å². The molecule has 0 unspecified atom stereocenters. The molecule has 0 bridgehead atoms. The zero-order valence-corrected chi connectivity index (χ0v) is 5.92. The number of rotatable bonds is 0. The second-order valence-corrected chi connectivity index (χ2v) is 1.99. The fourth-order valence-corrected chi connectivity index (χ4v) is 0.604. The van der Waals surface area contributed by atoms with Gasteiger partial charge >= 0.3 is 7.25 Å². The van der Waals surface area contributed by atoms with Gasteiger partial charge in [0.15, 0.2) is 0 Å². The Balaban J connectivity index is 0.000000187. The van der Waals surface area contributed by atoms with Crippen LogP contribution in [0, 0.1) is 0 Å². The fraction of sp³-hybridized carbons (Fsp3) is 1.00. The van der Waals surface area contributed by atoms with Crippen molar-refractivity contribution in [2.75, 3.05) is 26.2 Å². The molecule has 1 fully saturated rings. The fourth-order valence-electron chi connectivity index (χ4n) is 0.604. The van der Waals surface area contributed by atoms with Crippen LogP contribution in [0.4, 0.5) is 17.3 Å². The van der Waals surface area contributed by atoms with Crippen LogP contribution in [0.3, 0.4) is 0 Å². The summed E-state index contributed by atoms with van der Waals surface area (Å²) < 4.78 is 39.0. The molecule has 1 aliphatic rings. The second kappa shape index (κ2) is 5.37. The van der Waals surface area contributed by atoms with Gasteiger partial charge in [-0.3, -0.25) is 0 Å². The Hall–Kier alpha value is -0.295. The normalized spacial score (nSPS) is 18.5. The van der Waals surface area contributed by atoms with E-state index in [9.17, 15) is 17.3 Å². The van der Waals surface area contributed by atoms with Crippen LogP contribution >= 0.6 is 0 Å². The van der Waals surface area contributed by atoms with E-state index in [1.807, 2.05) is 0 Å². The lowest BCUT2D eigenvalue weighted by molar-refractivity contribution is 0.368. The largest absolute Gasteiger partial charge is 0.673 e. The Morgan fingerprint density at radius 1 is 0.727 bits per heavy atom. The highest BCUT2D eigenvalue weighted by atomic mass is 19.5. The van der Waals surface area contributed by atoms with Crippen LogP contribution in [-0.2, 0) is 0 Å². The standard InChI is InChI=1S/C4H10N2.BF4/c1-2-6-4-3-5-1;2-1(3,4)5/h5-6H,1-4H2;/q;-1. The van der Waals surface area contributed by atoms with Gasteiger partial charge in [0.25, 0.3) is 0 Å². The second-order valence-electron chi connectivity index (χ2n) is 1.99. The summed E-state index contributed by atoms with van der Waals surface area (Å²) in [6.45, 7) is 4.56. The van der Waals surface area contributed by atoms with Crippen molar-refractivity contribution in [2.24, 2.45) is 0 Å². The third-order valence-corrected chi connectivity index (χ3v) is 0.957. The molecule has 0 aliphatic carbocycles. The smallest absolute Gasteiger partial charge is 0.418 e. The number of halogens is 4. The van der Waals surface area contributed by atoms with Gasteiger partial charge in [-0.15, -0.1) is 0 Å². The summed E-state index contributed by atoms with van der Waals surface area (Å²) in [4.78, 5) is 0. The number of nitrogens with one attached hydrogen (secondary N) is 2. The van der Waals surface area contributed by atoms with E-state index in [2.05, 4.69) is 10.6 Å². The summed E-state index contributed by atoms with van der Waals surface area (Å²) >= 11 is 0. The lowest BCUT2D eigenvalue weighted by atomic mass is 10.3. The van der Waals surface area contributed by atoms with Crippen molar-refractivity contribution in [1.82, 2.24) is 10.6 Å². The maximum absolute atomic E-state index is 9.75. The summed E-state index contributed by atoms with van der Waals surface area (Å²) in [5.74, 6) is 0. The van der Waals surface area contributed by atoms with Gasteiger partial charge in [0, 0.05) is 26.2 Å². The number of hydrogen-bond acceptors (Lipinski definition) is 2. The van der Waals surface area contributed by atoms with Gasteiger partial charge in [0.2, 0.25) is 0 Å². The molecule has 2 N–H and O–H groups in total. The molecule has 2 nitrogen and oxygen atoms in total. The maximum atomic E-state index is 9.75. The Labute approximate surface area is 62.5 Å². The summed E-state index contributed by atoms with van der Waals surface area (Å²) in [5.41, 5.74) is 0. The first-order valence-electron chi connectivity index (χ1n) is 3.29. The topological polar surface area (TPSA) is 24.1 Å². The molecule has 0 radical (unpaired) electrons. The van der Waals surface area contributed by atoms with Crippen molar-refractivity contribution in [3.63, 3.8) is 0 Å². The third kappa shape index (κ3) is 17.7. The first kappa shape index (κ1) is 10.7. The molecule has 0 saturated carbocycles. The van der Waals surface area contributed by atoms with Gasteiger partial charge in [0.05, 0.1) is 0 Å². The van der Waals surface area contributed by atoms with Gasteiger partial charge in [0.1, 0.15) is 0 Å². The van der Waals surface area contributed by atoms with Crippen LogP contribution in [0.15, 0.2) is 0 Å². The predicted molar refractivity (Wildman–Crippen MR) is 35.9 cm³/mol. The van der Waals surface area contributed by atoms with Crippen LogP contribution in [0.1, 0.15) is 0 Å². The highest BCUT2D eigenvalue weighted by Gasteiger charge is 2.20. The molecule has 0 amide bonds. The minimum atomic E-state index is -6.00. The van der Waals surface area contributed by atoms with E-state index in [0.29, 0.717) is 0 Å². The molecule has 1 rings (SSSR count). The maximum Gasteiger partial charge on any atom is 0.673 e. The van der Waals surface area contributed by atoms with Crippen molar-refractivity contribution in [2.45, 2.75) is 0 Å². The predicted octanol–water partition coefficient (Wildman–Crippen LogP) is 0.479. The summed E-state index contributed by atoms with van der Waals surface area (Å²) in [7, 11) is -6.00. The monoisotopic (exact) mass is 173 g/mol. The molecule has 0 aromatic carbocycles. The minimum absolute atomic E-state index is 1.14. The Morgan fingerprint density at radius 3 is 1.00 bits per heavy atom. The Bertz CT molecular complexity index is 75.1. The van der Waals surface area contributed by atoms with Crippen molar-refractivity contribution in [3.05, 3.63) is 0 Å². The van der Waals surface area contributed by atoms with Gasteiger partial charge in [-0.2, -0.15) is 0 Å². The summed E-state index contributed by atoms with van der Waals surface area (Å²) in [6.07, 6.45) is 0. The molecule has 11 heavy (non-hydrogen) atoms. The van der Waals surface area contributed by atoms with E-state index in [0.717, 1.165) is 26.2 Å². The highest BCUT2D eigenvalue weighted by molar-refractivity contribution is 6.50. The van der Waals surface area contributed by atoms with E-state index in [1.54, 1.807) is 0 Å². The van der Waals surface area contributed by atoms with Crippen LogP contribution < -0.4 is 10.6 Å². The van der Waals surface area contributed by atoms with Crippen LogP contribution in [0.5, 0.6) is 0 Å². The third-order valence-electron chi connectivity index (χ3n) is 0.957. The van der Waals surface area contributed by atoms with Crippen molar-refractivity contribution >= 4 is 7.25 Å². The summed E-state index contributed by atoms with van der Waals surface area (Å²) in [6, 6.07) is 0. The van der Waals surface area contributed by atoms with Crippen molar-refractivity contribution in [1.29, 1.82) is 0 Å². The van der Waals surface area contributed by atoms with E-state index >= 15 is 0 Å². The zero-order chi connectivity index (χ0) is 8.74. The molecule has 1 heterocycles. The molecular formula is C4H10BF4N2-. The average Bonchev–Trinajstić information content (AvgIpc) is 1.88. The van der Waals surface area contributed by atoms with Gasteiger partial charge < -0.3 is 27.9 Å². The Morgan fingerprint density at radius 2 is 0.909 bits per heavy atom. The summed E-state index contributed by atoms with van der Waals surface area (Å²) in [5, 5.41) is 6.44. The average molecular weight is 173 g/mol. The lowest BCUT2D eigenvalue weighted by Crippen LogP contribution is -2.39. The van der Waals surface area contributed by atoms with Crippen molar-refractivity contribution in [3.8, 4) is 0 Å². The molecule has 1 saturated heterocycles. The molecule has 1 aliphatic heterocycles.